The molecule has 2 aromatic carbocycles. The number of carbonyl (C=O) groups excluding carboxylic acids is 2. The van der Waals surface area contributed by atoms with E-state index >= 15 is 0 Å². The smallest absolute Gasteiger partial charge is 0.342 e. The van der Waals surface area contributed by atoms with Crippen LogP contribution in [0, 0.1) is 19.3 Å². The lowest BCUT2D eigenvalue weighted by atomic mass is 9.93. The van der Waals surface area contributed by atoms with E-state index in [9.17, 15) is 9.59 Å². The minimum Gasteiger partial charge on any atom is -0.494 e. The van der Waals surface area contributed by atoms with Crippen molar-refractivity contribution in [2.24, 2.45) is 0 Å². The molecular weight excluding hydrogens is 536 g/mol. The van der Waals surface area contributed by atoms with Gasteiger partial charge in [-0.3, -0.25) is 10.2 Å². The summed E-state index contributed by atoms with van der Waals surface area (Å²) in [6.45, 7) is 16.7. The predicted molar refractivity (Wildman–Crippen MR) is 165 cm³/mol. The zero-order valence-electron chi connectivity index (χ0n) is 26.7. The first-order valence-corrected chi connectivity index (χ1v) is 14.8. The van der Waals surface area contributed by atoms with E-state index < -0.39 is 5.97 Å². The molecule has 0 heterocycles. The predicted octanol–water partition coefficient (Wildman–Crippen LogP) is 6.74. The van der Waals surface area contributed by atoms with E-state index in [0.717, 1.165) is 30.6 Å². The van der Waals surface area contributed by atoms with Gasteiger partial charge in [0.05, 0.1) is 39.1 Å². The molecule has 0 saturated carbocycles. The number of benzene rings is 2. The van der Waals surface area contributed by atoms with Gasteiger partial charge in [0.2, 0.25) is 5.90 Å². The zero-order valence-corrected chi connectivity index (χ0v) is 26.7. The Bertz CT molecular complexity index is 1200. The fourth-order valence-corrected chi connectivity index (χ4v) is 4.85. The third-order valence-corrected chi connectivity index (χ3v) is 6.92. The average molecular weight is 585 g/mol. The van der Waals surface area contributed by atoms with Crippen molar-refractivity contribution in [3.63, 3.8) is 0 Å². The van der Waals surface area contributed by atoms with Crippen molar-refractivity contribution in [2.45, 2.75) is 86.7 Å². The van der Waals surface area contributed by atoms with Crippen LogP contribution in [0.5, 0.6) is 17.2 Å². The molecule has 9 heteroatoms. The van der Waals surface area contributed by atoms with Gasteiger partial charge in [-0.1, -0.05) is 0 Å². The Labute approximate surface area is 250 Å². The number of unbranched alkanes of at least 4 members (excludes halogenated alkanes) is 2. The van der Waals surface area contributed by atoms with Gasteiger partial charge in [-0.05, 0) is 110 Å². The summed E-state index contributed by atoms with van der Waals surface area (Å²) >= 11 is 0. The van der Waals surface area contributed by atoms with Crippen LogP contribution in [0.25, 0.3) is 0 Å². The number of carbonyl (C=O) groups is 2. The highest BCUT2D eigenvalue weighted by Crippen LogP contribution is 2.41. The first-order chi connectivity index (χ1) is 20.0. The minimum atomic E-state index is -0.613. The molecule has 0 saturated heterocycles. The molecule has 0 atom stereocenters. The summed E-state index contributed by atoms with van der Waals surface area (Å²) in [7, 11) is 1.47. The van der Waals surface area contributed by atoms with Crippen LogP contribution in [-0.2, 0) is 9.47 Å². The SMILES string of the molecule is CCOC(=N)c1ccc(OCCCCCOc2c(C)c(C)c(C(=O)N(C(C)C)C(C)C)c(C(=O)OCC)c2OC)cc1. The fraction of sp³-hybridized carbons (Fsp3) is 0.545. The number of amides is 1. The van der Waals surface area contributed by atoms with Gasteiger partial charge in [0.1, 0.15) is 11.3 Å². The summed E-state index contributed by atoms with van der Waals surface area (Å²) in [4.78, 5) is 28.8. The molecule has 42 heavy (non-hydrogen) atoms. The van der Waals surface area contributed by atoms with E-state index in [1.807, 2.05) is 72.7 Å². The van der Waals surface area contributed by atoms with Crippen LogP contribution < -0.4 is 14.2 Å². The molecule has 0 aromatic heterocycles. The number of nitrogens with zero attached hydrogens (tertiary/aromatic N) is 1. The minimum absolute atomic E-state index is 0.0625. The average Bonchev–Trinajstić information content (AvgIpc) is 2.94. The highest BCUT2D eigenvalue weighted by molar-refractivity contribution is 6.09. The number of hydrogen-bond donors (Lipinski definition) is 1. The molecule has 0 unspecified atom stereocenters. The number of methoxy groups -OCH3 is 1. The Morgan fingerprint density at radius 1 is 0.786 bits per heavy atom. The Kier molecular flexibility index (Phi) is 13.6. The molecule has 1 N–H and O–H groups in total. The second-order valence-corrected chi connectivity index (χ2v) is 10.5. The first kappa shape index (κ1) is 34.5. The number of ether oxygens (including phenoxy) is 5. The summed E-state index contributed by atoms with van der Waals surface area (Å²) in [6, 6.07) is 7.16. The number of hydrogen-bond acceptors (Lipinski definition) is 8. The van der Waals surface area contributed by atoms with Crippen molar-refractivity contribution in [2.75, 3.05) is 33.5 Å². The van der Waals surface area contributed by atoms with E-state index in [4.69, 9.17) is 29.1 Å². The molecule has 2 rings (SSSR count). The molecule has 0 radical (unpaired) electrons. The summed E-state index contributed by atoms with van der Waals surface area (Å²) in [5.74, 6) is 0.703. The zero-order chi connectivity index (χ0) is 31.4. The lowest BCUT2D eigenvalue weighted by Gasteiger charge is -2.32. The van der Waals surface area contributed by atoms with Crippen LogP contribution in [-0.4, -0.2) is 68.3 Å². The van der Waals surface area contributed by atoms with Gasteiger partial charge in [0.15, 0.2) is 11.5 Å². The highest BCUT2D eigenvalue weighted by atomic mass is 16.5. The monoisotopic (exact) mass is 584 g/mol. The maximum absolute atomic E-state index is 13.8. The van der Waals surface area contributed by atoms with Crippen molar-refractivity contribution in [3.8, 4) is 17.2 Å². The molecule has 9 nitrogen and oxygen atoms in total. The van der Waals surface area contributed by atoms with Crippen molar-refractivity contribution in [3.05, 3.63) is 52.1 Å². The summed E-state index contributed by atoms with van der Waals surface area (Å²) in [5.41, 5.74) is 2.52. The number of rotatable bonds is 16. The topological polar surface area (TPSA) is 107 Å². The van der Waals surface area contributed by atoms with E-state index in [-0.39, 0.29) is 47.4 Å². The molecule has 0 spiro atoms. The van der Waals surface area contributed by atoms with Crippen molar-refractivity contribution < 1.29 is 33.3 Å². The fourth-order valence-electron chi connectivity index (χ4n) is 4.85. The third kappa shape index (κ3) is 8.63. The van der Waals surface area contributed by atoms with E-state index in [2.05, 4.69) is 0 Å². The molecule has 2 aromatic rings. The van der Waals surface area contributed by atoms with E-state index in [0.29, 0.717) is 36.7 Å². The molecule has 0 fully saturated rings. The maximum Gasteiger partial charge on any atom is 0.342 e. The second kappa shape index (κ2) is 16.6. The van der Waals surface area contributed by atoms with Gasteiger partial charge >= 0.3 is 5.97 Å². The molecule has 0 aliphatic heterocycles. The third-order valence-electron chi connectivity index (χ3n) is 6.92. The van der Waals surface area contributed by atoms with Gasteiger partial charge in [-0.25, -0.2) is 4.79 Å². The van der Waals surface area contributed by atoms with Crippen LogP contribution in [0.4, 0.5) is 0 Å². The van der Waals surface area contributed by atoms with Gasteiger partial charge in [0, 0.05) is 17.6 Å². The normalized spacial score (nSPS) is 10.9. The molecule has 0 aliphatic carbocycles. The standard InChI is InChI=1S/C33H48N2O7/c1-10-39-31(34)25-15-17-26(18-16-25)41-19-13-12-14-20-42-29-24(8)23(7)27(32(36)35(21(3)4)22(5)6)28(30(29)38-9)33(37)40-11-2/h15-18,21-22,34H,10-14,19-20H2,1-9H3. The Morgan fingerprint density at radius 2 is 1.36 bits per heavy atom. The quantitative estimate of drug-likeness (QED) is 0.101. The lowest BCUT2D eigenvalue weighted by Crippen LogP contribution is -2.43. The Balaban J connectivity index is 2.13. The molecule has 0 bridgehead atoms. The van der Waals surface area contributed by atoms with Crippen LogP contribution in [0.2, 0.25) is 0 Å². The largest absolute Gasteiger partial charge is 0.494 e. The van der Waals surface area contributed by atoms with Crippen LogP contribution in [0.1, 0.15) is 98.2 Å². The van der Waals surface area contributed by atoms with Crippen LogP contribution in [0.15, 0.2) is 24.3 Å². The summed E-state index contributed by atoms with van der Waals surface area (Å²) < 4.78 is 28.3. The summed E-state index contributed by atoms with van der Waals surface area (Å²) in [5, 5.41) is 7.85. The van der Waals surface area contributed by atoms with E-state index in [1.165, 1.54) is 7.11 Å². The van der Waals surface area contributed by atoms with Gasteiger partial charge < -0.3 is 28.6 Å². The molecule has 232 valence electrons. The first-order valence-electron chi connectivity index (χ1n) is 14.8. The highest BCUT2D eigenvalue weighted by Gasteiger charge is 2.34. The van der Waals surface area contributed by atoms with Gasteiger partial charge in [0.25, 0.3) is 5.91 Å². The molecule has 1 amide bonds. The van der Waals surface area contributed by atoms with Crippen molar-refractivity contribution in [1.82, 2.24) is 4.90 Å². The van der Waals surface area contributed by atoms with Crippen molar-refractivity contribution >= 4 is 17.8 Å². The van der Waals surface area contributed by atoms with Gasteiger partial charge in [-0.2, -0.15) is 0 Å². The van der Waals surface area contributed by atoms with Crippen LogP contribution >= 0.6 is 0 Å². The van der Waals surface area contributed by atoms with Crippen molar-refractivity contribution in [1.29, 1.82) is 5.41 Å². The Morgan fingerprint density at radius 3 is 1.88 bits per heavy atom. The molecule has 0 aliphatic rings. The second-order valence-electron chi connectivity index (χ2n) is 10.5. The number of nitrogens with one attached hydrogen (secondary N) is 1. The Hall–Kier alpha value is -3.75. The van der Waals surface area contributed by atoms with Crippen LogP contribution in [0.3, 0.4) is 0 Å². The van der Waals surface area contributed by atoms with Gasteiger partial charge in [-0.15, -0.1) is 0 Å². The number of esters is 1. The maximum atomic E-state index is 13.8. The molecular formula is C33H48N2O7. The summed E-state index contributed by atoms with van der Waals surface area (Å²) in [6.07, 6.45) is 2.46. The lowest BCUT2D eigenvalue weighted by molar-refractivity contribution is 0.0505. The van der Waals surface area contributed by atoms with E-state index in [1.54, 1.807) is 11.8 Å².